The third kappa shape index (κ3) is 1.99. The largest absolute Gasteiger partial charge is 0.315 e. The summed E-state index contributed by atoms with van der Waals surface area (Å²) in [5, 5.41) is 3.53. The zero-order valence-corrected chi connectivity index (χ0v) is 7.89. The Bertz CT molecular complexity index is 122. The predicted octanol–water partition coefficient (Wildman–Crippen LogP) is 1.22. The number of likely N-dealkylation sites (tertiary alicyclic amines) is 1. The van der Waals surface area contributed by atoms with Crippen molar-refractivity contribution < 1.29 is 0 Å². The van der Waals surface area contributed by atoms with E-state index in [1.807, 2.05) is 0 Å². The zero-order valence-electron chi connectivity index (χ0n) is 7.89. The van der Waals surface area contributed by atoms with E-state index in [4.69, 9.17) is 0 Å². The Hall–Kier alpha value is -0.0800. The van der Waals surface area contributed by atoms with Crippen molar-refractivity contribution >= 4 is 0 Å². The molecule has 2 heterocycles. The van der Waals surface area contributed by atoms with Crippen LogP contribution in [0.4, 0.5) is 0 Å². The molecular weight excluding hydrogens is 148 g/mol. The molecule has 0 amide bonds. The van der Waals surface area contributed by atoms with Crippen molar-refractivity contribution in [2.24, 2.45) is 0 Å². The molecule has 1 N–H and O–H groups in total. The van der Waals surface area contributed by atoms with Gasteiger partial charge in [0.25, 0.3) is 0 Å². The lowest BCUT2D eigenvalue weighted by atomic mass is 10.1. The molecule has 2 aliphatic rings. The van der Waals surface area contributed by atoms with Gasteiger partial charge >= 0.3 is 0 Å². The second-order valence-electron chi connectivity index (χ2n) is 4.10. The van der Waals surface area contributed by atoms with Gasteiger partial charge in [-0.05, 0) is 45.3 Å². The van der Waals surface area contributed by atoms with Crippen molar-refractivity contribution in [2.45, 2.75) is 38.1 Å². The summed E-state index contributed by atoms with van der Waals surface area (Å²) in [6.45, 7) is 5.18. The van der Waals surface area contributed by atoms with Crippen LogP contribution >= 0.6 is 0 Å². The van der Waals surface area contributed by atoms with E-state index < -0.39 is 0 Å². The van der Waals surface area contributed by atoms with Crippen LogP contribution in [-0.4, -0.2) is 37.1 Å². The van der Waals surface area contributed by atoms with Gasteiger partial charge in [0.15, 0.2) is 0 Å². The Morgan fingerprint density at radius 1 is 1.00 bits per heavy atom. The molecule has 1 atom stereocenters. The fraction of sp³-hybridized carbons (Fsp3) is 1.00. The molecule has 12 heavy (non-hydrogen) atoms. The highest BCUT2D eigenvalue weighted by Gasteiger charge is 2.21. The third-order valence-corrected chi connectivity index (χ3v) is 3.18. The molecule has 0 aromatic rings. The number of rotatable bonds is 1. The van der Waals surface area contributed by atoms with Crippen LogP contribution in [0.2, 0.25) is 0 Å². The summed E-state index contributed by atoms with van der Waals surface area (Å²) in [7, 11) is 0. The van der Waals surface area contributed by atoms with Gasteiger partial charge in [-0.2, -0.15) is 0 Å². The summed E-state index contributed by atoms with van der Waals surface area (Å²) in [4.78, 5) is 2.68. The Labute approximate surface area is 75.3 Å². The molecule has 0 aliphatic carbocycles. The lowest BCUT2D eigenvalue weighted by Gasteiger charge is -2.25. The average Bonchev–Trinajstić information content (AvgIpc) is 2.48. The van der Waals surface area contributed by atoms with Crippen LogP contribution in [-0.2, 0) is 0 Å². The molecule has 2 fully saturated rings. The molecule has 2 saturated heterocycles. The van der Waals surface area contributed by atoms with Crippen molar-refractivity contribution in [1.82, 2.24) is 10.2 Å². The van der Waals surface area contributed by atoms with E-state index in [0.29, 0.717) is 0 Å². The quantitative estimate of drug-likeness (QED) is 0.633. The fourth-order valence-corrected chi connectivity index (χ4v) is 2.42. The smallest absolute Gasteiger partial charge is 0.0220 e. The highest BCUT2D eigenvalue weighted by Crippen LogP contribution is 2.16. The van der Waals surface area contributed by atoms with Crippen LogP contribution in [0.25, 0.3) is 0 Å². The van der Waals surface area contributed by atoms with Crippen molar-refractivity contribution in [3.63, 3.8) is 0 Å². The van der Waals surface area contributed by atoms with Gasteiger partial charge in [-0.15, -0.1) is 0 Å². The highest BCUT2D eigenvalue weighted by atomic mass is 15.2. The van der Waals surface area contributed by atoms with Crippen LogP contribution < -0.4 is 5.32 Å². The fourth-order valence-electron chi connectivity index (χ4n) is 2.42. The predicted molar refractivity (Wildman–Crippen MR) is 51.3 cm³/mol. The molecule has 0 spiro atoms. The molecule has 0 aromatic heterocycles. The first-order valence-electron chi connectivity index (χ1n) is 5.41. The summed E-state index contributed by atoms with van der Waals surface area (Å²) in [6, 6.07) is 0.856. The number of nitrogens with one attached hydrogen (secondary N) is 1. The minimum atomic E-state index is 0.856. The molecular formula is C10H20N2. The Balaban J connectivity index is 1.83. The second-order valence-corrected chi connectivity index (χ2v) is 4.10. The average molecular weight is 168 g/mol. The van der Waals surface area contributed by atoms with Gasteiger partial charge in [-0.25, -0.2) is 0 Å². The van der Waals surface area contributed by atoms with Gasteiger partial charge in [-0.3, -0.25) is 4.90 Å². The van der Waals surface area contributed by atoms with Crippen LogP contribution in [0.1, 0.15) is 32.1 Å². The molecule has 1 unspecified atom stereocenters. The highest BCUT2D eigenvalue weighted by molar-refractivity contribution is 4.79. The van der Waals surface area contributed by atoms with Crippen LogP contribution in [0, 0.1) is 0 Å². The topological polar surface area (TPSA) is 15.3 Å². The molecule has 2 nitrogen and oxygen atoms in total. The van der Waals surface area contributed by atoms with Crippen LogP contribution in [0.15, 0.2) is 0 Å². The van der Waals surface area contributed by atoms with Gasteiger partial charge in [0.1, 0.15) is 0 Å². The second kappa shape index (κ2) is 4.24. The number of hydrogen-bond acceptors (Lipinski definition) is 2. The van der Waals surface area contributed by atoms with Crippen LogP contribution in [0.5, 0.6) is 0 Å². The summed E-state index contributed by atoms with van der Waals surface area (Å²) in [5.74, 6) is 0. The Kier molecular flexibility index (Phi) is 3.01. The molecule has 2 aliphatic heterocycles. The van der Waals surface area contributed by atoms with E-state index in [2.05, 4.69) is 10.2 Å². The van der Waals surface area contributed by atoms with Crippen molar-refractivity contribution in [3.8, 4) is 0 Å². The molecule has 2 heteroatoms. The lowest BCUT2D eigenvalue weighted by Crippen LogP contribution is -2.39. The van der Waals surface area contributed by atoms with Gasteiger partial charge in [-0.1, -0.05) is 6.42 Å². The van der Waals surface area contributed by atoms with Gasteiger partial charge < -0.3 is 5.32 Å². The molecule has 2 rings (SSSR count). The molecule has 70 valence electrons. The minimum Gasteiger partial charge on any atom is -0.315 e. The first-order chi connectivity index (χ1) is 5.97. The lowest BCUT2D eigenvalue weighted by molar-refractivity contribution is 0.231. The third-order valence-electron chi connectivity index (χ3n) is 3.18. The number of hydrogen-bond donors (Lipinski definition) is 1. The van der Waals surface area contributed by atoms with E-state index in [1.54, 1.807) is 0 Å². The minimum absolute atomic E-state index is 0.856. The first-order valence-corrected chi connectivity index (χ1v) is 5.41. The van der Waals surface area contributed by atoms with Crippen molar-refractivity contribution in [3.05, 3.63) is 0 Å². The Morgan fingerprint density at radius 2 is 1.83 bits per heavy atom. The van der Waals surface area contributed by atoms with Gasteiger partial charge in [0.2, 0.25) is 0 Å². The monoisotopic (exact) mass is 168 g/mol. The normalized spacial score (nSPS) is 33.5. The molecule has 0 saturated carbocycles. The first kappa shape index (κ1) is 8.52. The summed E-state index contributed by atoms with van der Waals surface area (Å²) < 4.78 is 0. The van der Waals surface area contributed by atoms with E-state index in [9.17, 15) is 0 Å². The SMILES string of the molecule is C1CCC(N2CCCC2)CNC1. The van der Waals surface area contributed by atoms with Gasteiger partial charge in [0, 0.05) is 12.6 Å². The Morgan fingerprint density at radius 3 is 2.67 bits per heavy atom. The molecule has 0 radical (unpaired) electrons. The summed E-state index contributed by atoms with van der Waals surface area (Å²) in [5.41, 5.74) is 0. The maximum atomic E-state index is 3.53. The van der Waals surface area contributed by atoms with E-state index >= 15 is 0 Å². The zero-order chi connectivity index (χ0) is 8.23. The van der Waals surface area contributed by atoms with E-state index in [0.717, 1.165) is 6.04 Å². The van der Waals surface area contributed by atoms with Crippen molar-refractivity contribution in [1.29, 1.82) is 0 Å². The van der Waals surface area contributed by atoms with Crippen molar-refractivity contribution in [2.75, 3.05) is 26.2 Å². The maximum absolute atomic E-state index is 3.53. The molecule has 0 bridgehead atoms. The summed E-state index contributed by atoms with van der Waals surface area (Å²) in [6.07, 6.45) is 7.08. The molecule has 0 aromatic carbocycles. The summed E-state index contributed by atoms with van der Waals surface area (Å²) >= 11 is 0. The number of nitrogens with zero attached hydrogens (tertiary/aromatic N) is 1. The van der Waals surface area contributed by atoms with Gasteiger partial charge in [0.05, 0.1) is 0 Å². The standard InChI is InChI=1S/C10H20N2/c1-2-6-11-9-10(5-1)12-7-3-4-8-12/h10-11H,1-9H2. The van der Waals surface area contributed by atoms with E-state index in [-0.39, 0.29) is 0 Å². The van der Waals surface area contributed by atoms with Crippen LogP contribution in [0.3, 0.4) is 0 Å². The van der Waals surface area contributed by atoms with E-state index in [1.165, 1.54) is 58.3 Å². The maximum Gasteiger partial charge on any atom is 0.0220 e.